The number of hydrogen-bond donors (Lipinski definition) is 1. The first-order valence-electron chi connectivity index (χ1n) is 3.48. The summed E-state index contributed by atoms with van der Waals surface area (Å²) < 4.78 is 0. The first kappa shape index (κ1) is 8.38. The minimum Gasteiger partial charge on any atom is -0.292 e. The van der Waals surface area contributed by atoms with Crippen LogP contribution < -0.4 is 5.32 Å². The lowest BCUT2D eigenvalue weighted by molar-refractivity contribution is -0.115. The van der Waals surface area contributed by atoms with Gasteiger partial charge in [0.25, 0.3) is 5.95 Å². The molecule has 0 fully saturated rings. The summed E-state index contributed by atoms with van der Waals surface area (Å²) in [6, 6.07) is 0. The van der Waals surface area contributed by atoms with Crippen molar-refractivity contribution in [1.29, 1.82) is 0 Å². The molecule has 6 heteroatoms. The molecular weight excluding hydrogens is 158 g/mol. The molecular formula is C6H9N5O. The summed E-state index contributed by atoms with van der Waals surface area (Å²) in [5.74, 6) is 0.0559. The van der Waals surface area contributed by atoms with E-state index in [1.165, 1.54) is 11.0 Å². The number of carbonyl (C=O) groups is 1. The van der Waals surface area contributed by atoms with Crippen molar-refractivity contribution in [1.82, 2.24) is 20.2 Å². The summed E-state index contributed by atoms with van der Waals surface area (Å²) in [5.41, 5.74) is 0. The van der Waals surface area contributed by atoms with E-state index in [4.69, 9.17) is 0 Å². The zero-order valence-electron chi connectivity index (χ0n) is 6.69. The van der Waals surface area contributed by atoms with Crippen molar-refractivity contribution < 1.29 is 4.79 Å². The smallest absolute Gasteiger partial charge is 0.270 e. The maximum Gasteiger partial charge on any atom is 0.270 e. The summed E-state index contributed by atoms with van der Waals surface area (Å²) >= 11 is 0. The Balaban J connectivity index is 2.63. The molecule has 0 atom stereocenters. The van der Waals surface area contributed by atoms with Crippen molar-refractivity contribution in [3.8, 4) is 0 Å². The third-order valence-corrected chi connectivity index (χ3v) is 1.16. The highest BCUT2D eigenvalue weighted by Crippen LogP contribution is 1.94. The van der Waals surface area contributed by atoms with Crippen LogP contribution in [0.3, 0.4) is 0 Å². The van der Waals surface area contributed by atoms with Gasteiger partial charge in [-0.2, -0.15) is 0 Å². The van der Waals surface area contributed by atoms with E-state index >= 15 is 0 Å². The van der Waals surface area contributed by atoms with Gasteiger partial charge in [0.15, 0.2) is 0 Å². The lowest BCUT2D eigenvalue weighted by Gasteiger charge is -1.93. The van der Waals surface area contributed by atoms with E-state index in [0.717, 1.165) is 0 Å². The molecule has 0 aliphatic heterocycles. The van der Waals surface area contributed by atoms with Gasteiger partial charge in [-0.05, 0) is 5.21 Å². The van der Waals surface area contributed by atoms with Crippen molar-refractivity contribution in [2.45, 2.75) is 13.3 Å². The number of rotatable bonds is 3. The summed E-state index contributed by atoms with van der Waals surface area (Å²) in [5, 5.41) is 13.3. The van der Waals surface area contributed by atoms with Crippen LogP contribution >= 0.6 is 0 Å². The van der Waals surface area contributed by atoms with Crippen LogP contribution in [0, 0.1) is 0 Å². The van der Waals surface area contributed by atoms with E-state index in [-0.39, 0.29) is 11.9 Å². The Morgan fingerprint density at radius 1 is 1.83 bits per heavy atom. The molecule has 0 aliphatic carbocycles. The van der Waals surface area contributed by atoms with Crippen LogP contribution in [0.15, 0.2) is 6.58 Å². The van der Waals surface area contributed by atoms with Gasteiger partial charge in [-0.3, -0.25) is 10.1 Å². The summed E-state index contributed by atoms with van der Waals surface area (Å²) in [4.78, 5) is 12.0. The molecule has 0 radical (unpaired) electrons. The van der Waals surface area contributed by atoms with Gasteiger partial charge >= 0.3 is 0 Å². The topological polar surface area (TPSA) is 72.7 Å². The number of nitrogens with one attached hydrogen (secondary N) is 1. The van der Waals surface area contributed by atoms with Crippen molar-refractivity contribution >= 4 is 18.1 Å². The maximum atomic E-state index is 10.8. The Morgan fingerprint density at radius 3 is 3.08 bits per heavy atom. The summed E-state index contributed by atoms with van der Waals surface area (Å²) in [6.07, 6.45) is 1.78. The predicted molar refractivity (Wildman–Crippen MR) is 43.1 cm³/mol. The van der Waals surface area contributed by atoms with Gasteiger partial charge in [-0.1, -0.05) is 18.6 Å². The molecule has 64 valence electrons. The number of nitrogens with zero attached hydrogens (tertiary/aromatic N) is 4. The van der Waals surface area contributed by atoms with E-state index in [0.29, 0.717) is 6.42 Å². The van der Waals surface area contributed by atoms with E-state index in [9.17, 15) is 4.79 Å². The first-order valence-corrected chi connectivity index (χ1v) is 3.48. The minimum atomic E-state index is -0.140. The lowest BCUT2D eigenvalue weighted by atomic mass is 10.5. The largest absolute Gasteiger partial charge is 0.292 e. The highest BCUT2D eigenvalue weighted by Gasteiger charge is 2.03. The van der Waals surface area contributed by atoms with E-state index in [1.807, 2.05) is 0 Å². The maximum absolute atomic E-state index is 10.8. The fraction of sp³-hybridized carbons (Fsp3) is 0.333. The molecule has 1 amide bonds. The highest BCUT2D eigenvalue weighted by molar-refractivity contribution is 5.88. The number of hydrogen-bond acceptors (Lipinski definition) is 4. The molecule has 0 aliphatic rings. The second-order valence-corrected chi connectivity index (χ2v) is 2.02. The zero-order valence-corrected chi connectivity index (χ0v) is 6.69. The molecule has 1 heterocycles. The Bertz CT molecular complexity index is 292. The van der Waals surface area contributed by atoms with E-state index in [2.05, 4.69) is 27.3 Å². The molecule has 0 bridgehead atoms. The third-order valence-electron chi connectivity index (χ3n) is 1.16. The van der Waals surface area contributed by atoms with E-state index in [1.54, 1.807) is 6.92 Å². The van der Waals surface area contributed by atoms with Gasteiger partial charge in [0.2, 0.25) is 5.91 Å². The second-order valence-electron chi connectivity index (χ2n) is 2.02. The van der Waals surface area contributed by atoms with Crippen LogP contribution in [0.2, 0.25) is 0 Å². The van der Waals surface area contributed by atoms with Crippen molar-refractivity contribution in [3.05, 3.63) is 6.58 Å². The fourth-order valence-corrected chi connectivity index (χ4v) is 0.566. The Kier molecular flexibility index (Phi) is 2.52. The molecule has 1 N–H and O–H groups in total. The zero-order chi connectivity index (χ0) is 8.97. The average molecular weight is 167 g/mol. The van der Waals surface area contributed by atoms with Crippen molar-refractivity contribution in [2.75, 3.05) is 5.32 Å². The molecule has 0 saturated carbocycles. The van der Waals surface area contributed by atoms with Crippen LogP contribution in [0.25, 0.3) is 6.20 Å². The molecule has 1 aromatic heterocycles. The van der Waals surface area contributed by atoms with Crippen LogP contribution in [0.5, 0.6) is 0 Å². The van der Waals surface area contributed by atoms with Crippen LogP contribution in [-0.4, -0.2) is 26.1 Å². The summed E-state index contributed by atoms with van der Waals surface area (Å²) in [6.45, 7) is 5.17. The molecule has 12 heavy (non-hydrogen) atoms. The van der Waals surface area contributed by atoms with Crippen molar-refractivity contribution in [2.24, 2.45) is 0 Å². The predicted octanol–water partition coefficient (Wildman–Crippen LogP) is 0.122. The van der Waals surface area contributed by atoms with Gasteiger partial charge in [0.05, 0.1) is 0 Å². The summed E-state index contributed by atoms with van der Waals surface area (Å²) in [7, 11) is 0. The Labute approximate surface area is 69.3 Å². The first-order chi connectivity index (χ1) is 5.76. The van der Waals surface area contributed by atoms with Gasteiger partial charge in [-0.15, -0.1) is 9.90 Å². The SMILES string of the molecule is C=Cn1nnc(NC(=O)CC)n1. The lowest BCUT2D eigenvalue weighted by Crippen LogP contribution is -2.10. The van der Waals surface area contributed by atoms with Crippen molar-refractivity contribution in [3.63, 3.8) is 0 Å². The molecule has 1 aromatic rings. The molecule has 0 saturated heterocycles. The molecule has 0 aromatic carbocycles. The van der Waals surface area contributed by atoms with Crippen LogP contribution in [0.4, 0.5) is 5.95 Å². The third kappa shape index (κ3) is 1.88. The highest BCUT2D eigenvalue weighted by atomic mass is 16.1. The van der Waals surface area contributed by atoms with Gasteiger partial charge in [0, 0.05) is 12.6 Å². The normalized spacial score (nSPS) is 9.42. The van der Waals surface area contributed by atoms with Gasteiger partial charge in [-0.25, -0.2) is 0 Å². The minimum absolute atomic E-state index is 0.140. The van der Waals surface area contributed by atoms with E-state index < -0.39 is 0 Å². The van der Waals surface area contributed by atoms with Gasteiger partial charge < -0.3 is 0 Å². The monoisotopic (exact) mass is 167 g/mol. The molecule has 0 unspecified atom stereocenters. The second kappa shape index (κ2) is 3.61. The number of anilines is 1. The number of aromatic nitrogens is 4. The fourth-order valence-electron chi connectivity index (χ4n) is 0.566. The average Bonchev–Trinajstić information content (AvgIpc) is 2.52. The quantitative estimate of drug-likeness (QED) is 0.694. The Hall–Kier alpha value is -1.72. The Morgan fingerprint density at radius 2 is 2.58 bits per heavy atom. The molecule has 6 nitrogen and oxygen atoms in total. The number of carbonyl (C=O) groups excluding carboxylic acids is 1. The number of amides is 1. The number of tetrazole rings is 1. The molecule has 1 rings (SSSR count). The standard InChI is InChI=1S/C6H9N5O/c1-3-5(12)7-6-8-10-11(4-2)9-6/h4H,2-3H2,1H3,(H,7,9,12). The van der Waals surface area contributed by atoms with Crippen LogP contribution in [-0.2, 0) is 4.79 Å². The van der Waals surface area contributed by atoms with Crippen LogP contribution in [0.1, 0.15) is 13.3 Å². The van der Waals surface area contributed by atoms with Gasteiger partial charge in [0.1, 0.15) is 0 Å². The molecule has 0 spiro atoms.